The second kappa shape index (κ2) is 3.86. The molecular weight excluding hydrogens is 250 g/mol. The van der Waals surface area contributed by atoms with Gasteiger partial charge in [-0.1, -0.05) is 0 Å². The Bertz CT molecular complexity index is 525. The average molecular weight is 255 g/mol. The summed E-state index contributed by atoms with van der Waals surface area (Å²) >= 11 is 4.99. The molecule has 0 N–H and O–H groups in total. The van der Waals surface area contributed by atoms with Gasteiger partial charge in [-0.2, -0.15) is 8.42 Å². The van der Waals surface area contributed by atoms with E-state index in [1.54, 1.807) is 0 Å². The second-order valence-corrected chi connectivity index (χ2v) is 4.47. The van der Waals surface area contributed by atoms with Crippen LogP contribution in [0.5, 0.6) is 0 Å². The van der Waals surface area contributed by atoms with Gasteiger partial charge < -0.3 is 0 Å². The SMILES string of the molecule is Cc1cc(F)c(C(=O)Cl)cc1S(=O)(=O)F. The molecule has 0 aliphatic heterocycles. The third-order valence-corrected chi connectivity index (χ3v) is 2.91. The van der Waals surface area contributed by atoms with Crippen LogP contribution in [0.25, 0.3) is 0 Å². The van der Waals surface area contributed by atoms with Gasteiger partial charge in [0.2, 0.25) is 0 Å². The summed E-state index contributed by atoms with van der Waals surface area (Å²) in [7, 11) is -4.98. The molecule has 7 heteroatoms. The van der Waals surface area contributed by atoms with Crippen LogP contribution in [0.1, 0.15) is 15.9 Å². The highest BCUT2D eigenvalue weighted by atomic mass is 35.5. The van der Waals surface area contributed by atoms with Crippen molar-refractivity contribution in [1.29, 1.82) is 0 Å². The Kier molecular flexibility index (Phi) is 3.11. The molecule has 0 saturated heterocycles. The number of rotatable bonds is 2. The maximum absolute atomic E-state index is 13.0. The number of aryl methyl sites for hydroxylation is 1. The van der Waals surface area contributed by atoms with Crippen LogP contribution < -0.4 is 0 Å². The molecular formula is C8H5ClF2O3S. The molecule has 0 aliphatic carbocycles. The van der Waals surface area contributed by atoms with Gasteiger partial charge in [0.05, 0.1) is 5.56 Å². The van der Waals surface area contributed by atoms with Gasteiger partial charge in [-0.05, 0) is 36.2 Å². The summed E-state index contributed by atoms with van der Waals surface area (Å²) < 4.78 is 46.9. The van der Waals surface area contributed by atoms with Gasteiger partial charge in [0.25, 0.3) is 5.24 Å². The molecule has 0 amide bonds. The summed E-state index contributed by atoms with van der Waals surface area (Å²) in [6, 6.07) is 1.32. The maximum atomic E-state index is 13.0. The molecule has 0 saturated carbocycles. The van der Waals surface area contributed by atoms with Crippen molar-refractivity contribution in [3.05, 3.63) is 29.1 Å². The minimum atomic E-state index is -4.98. The zero-order valence-corrected chi connectivity index (χ0v) is 8.99. The van der Waals surface area contributed by atoms with Crippen LogP contribution in [0.4, 0.5) is 8.28 Å². The van der Waals surface area contributed by atoms with Gasteiger partial charge in [-0.25, -0.2) is 4.39 Å². The lowest BCUT2D eigenvalue weighted by molar-refractivity contribution is 0.107. The van der Waals surface area contributed by atoms with E-state index in [-0.39, 0.29) is 5.56 Å². The van der Waals surface area contributed by atoms with Crippen molar-refractivity contribution in [2.45, 2.75) is 11.8 Å². The highest BCUT2D eigenvalue weighted by Crippen LogP contribution is 2.22. The Balaban J connectivity index is 3.58. The van der Waals surface area contributed by atoms with Crippen LogP contribution in [-0.2, 0) is 10.2 Å². The topological polar surface area (TPSA) is 51.2 Å². The fourth-order valence-electron chi connectivity index (χ4n) is 1.07. The lowest BCUT2D eigenvalue weighted by Gasteiger charge is -2.03. The van der Waals surface area contributed by atoms with Crippen molar-refractivity contribution in [2.24, 2.45) is 0 Å². The third-order valence-electron chi connectivity index (χ3n) is 1.74. The second-order valence-electron chi connectivity index (χ2n) is 2.81. The van der Waals surface area contributed by atoms with Crippen LogP contribution >= 0.6 is 11.6 Å². The van der Waals surface area contributed by atoms with Crippen molar-refractivity contribution in [2.75, 3.05) is 0 Å². The van der Waals surface area contributed by atoms with E-state index in [2.05, 4.69) is 0 Å². The van der Waals surface area contributed by atoms with Crippen LogP contribution in [0, 0.1) is 12.7 Å². The van der Waals surface area contributed by atoms with E-state index in [0.717, 1.165) is 6.07 Å². The summed E-state index contributed by atoms with van der Waals surface area (Å²) in [4.78, 5) is 9.91. The summed E-state index contributed by atoms with van der Waals surface area (Å²) in [5, 5.41) is -1.18. The highest BCUT2D eigenvalue weighted by Gasteiger charge is 2.20. The quantitative estimate of drug-likeness (QED) is 0.760. The molecule has 0 bridgehead atoms. The smallest absolute Gasteiger partial charge is 0.275 e. The first-order chi connectivity index (χ1) is 6.73. The molecule has 0 fully saturated rings. The lowest BCUT2D eigenvalue weighted by atomic mass is 10.1. The van der Waals surface area contributed by atoms with Crippen LogP contribution in [0.15, 0.2) is 17.0 Å². The Morgan fingerprint density at radius 2 is 1.93 bits per heavy atom. The van der Waals surface area contributed by atoms with Crippen molar-refractivity contribution in [1.82, 2.24) is 0 Å². The normalized spacial score (nSPS) is 11.5. The first kappa shape index (κ1) is 12.1. The van der Waals surface area contributed by atoms with Crippen LogP contribution in [-0.4, -0.2) is 13.7 Å². The van der Waals surface area contributed by atoms with E-state index in [1.807, 2.05) is 0 Å². The fraction of sp³-hybridized carbons (Fsp3) is 0.125. The molecule has 0 spiro atoms. The summed E-state index contributed by atoms with van der Waals surface area (Å²) in [6.45, 7) is 1.21. The number of carbonyl (C=O) groups is 1. The van der Waals surface area contributed by atoms with Gasteiger partial charge in [-0.15, -0.1) is 3.89 Å². The Morgan fingerprint density at radius 3 is 2.33 bits per heavy atom. The predicted molar refractivity (Wildman–Crippen MR) is 49.6 cm³/mol. The molecule has 15 heavy (non-hydrogen) atoms. The molecule has 3 nitrogen and oxygen atoms in total. The van der Waals surface area contributed by atoms with Crippen molar-refractivity contribution >= 4 is 27.1 Å². The van der Waals surface area contributed by atoms with Crippen LogP contribution in [0.2, 0.25) is 0 Å². The highest BCUT2D eigenvalue weighted by molar-refractivity contribution is 7.86. The molecule has 0 aliphatic rings. The molecule has 1 aromatic rings. The summed E-state index contributed by atoms with van der Waals surface area (Å²) in [6.07, 6.45) is 0. The Hall–Kier alpha value is -1.01. The Morgan fingerprint density at radius 1 is 1.40 bits per heavy atom. The molecule has 82 valence electrons. The largest absolute Gasteiger partial charge is 0.332 e. The molecule has 1 aromatic carbocycles. The number of carbonyl (C=O) groups excluding carboxylic acids is 1. The van der Waals surface area contributed by atoms with Crippen molar-refractivity contribution < 1.29 is 21.5 Å². The number of benzene rings is 1. The standard InChI is InChI=1S/C8H5ClF2O3S/c1-4-2-6(10)5(8(9)12)3-7(4)15(11,13)14/h2-3H,1H3. The summed E-state index contributed by atoms with van der Waals surface area (Å²) in [5.41, 5.74) is -0.796. The van der Waals surface area contributed by atoms with E-state index < -0.39 is 31.7 Å². The van der Waals surface area contributed by atoms with Gasteiger partial charge >= 0.3 is 10.2 Å². The van der Waals surface area contributed by atoms with Gasteiger partial charge in [-0.3, -0.25) is 4.79 Å². The van der Waals surface area contributed by atoms with Crippen molar-refractivity contribution in [3.8, 4) is 0 Å². The monoisotopic (exact) mass is 254 g/mol. The van der Waals surface area contributed by atoms with Gasteiger partial charge in [0, 0.05) is 0 Å². The molecule has 0 unspecified atom stereocenters. The molecule has 0 atom stereocenters. The van der Waals surface area contributed by atoms with E-state index in [1.165, 1.54) is 6.92 Å². The van der Waals surface area contributed by atoms with E-state index in [9.17, 15) is 21.5 Å². The first-order valence-corrected chi connectivity index (χ1v) is 5.44. The number of hydrogen-bond acceptors (Lipinski definition) is 3. The molecule has 1 rings (SSSR count). The molecule has 0 aromatic heterocycles. The summed E-state index contributed by atoms with van der Waals surface area (Å²) in [5.74, 6) is -0.986. The first-order valence-electron chi connectivity index (χ1n) is 3.68. The van der Waals surface area contributed by atoms with E-state index in [4.69, 9.17) is 11.6 Å². The maximum Gasteiger partial charge on any atom is 0.332 e. The van der Waals surface area contributed by atoms with Gasteiger partial charge in [0.15, 0.2) is 0 Å². The minimum absolute atomic E-state index is 0.128. The van der Waals surface area contributed by atoms with Crippen LogP contribution in [0.3, 0.4) is 0 Å². The fourth-order valence-corrected chi connectivity index (χ4v) is 1.91. The zero-order valence-electron chi connectivity index (χ0n) is 7.42. The molecule has 0 heterocycles. The lowest BCUT2D eigenvalue weighted by Crippen LogP contribution is -2.02. The van der Waals surface area contributed by atoms with Gasteiger partial charge in [0.1, 0.15) is 10.7 Å². The number of halogens is 3. The molecule has 0 radical (unpaired) electrons. The zero-order chi connectivity index (χ0) is 11.8. The van der Waals surface area contributed by atoms with Crippen molar-refractivity contribution in [3.63, 3.8) is 0 Å². The van der Waals surface area contributed by atoms with E-state index >= 15 is 0 Å². The minimum Gasteiger partial charge on any atom is -0.275 e. The predicted octanol–water partition coefficient (Wildman–Crippen LogP) is 2.17. The van der Waals surface area contributed by atoms with E-state index in [0.29, 0.717) is 6.07 Å². The third kappa shape index (κ3) is 2.51. The number of hydrogen-bond donors (Lipinski definition) is 0. The Labute approximate surface area is 89.9 Å². The average Bonchev–Trinajstić information content (AvgIpc) is 2.00.